The minimum Gasteiger partial charge on any atom is -0.395 e. The fraction of sp³-hybridized carbons (Fsp3) is 0.917. The molecular formula is C12H24N2O2. The molecule has 1 fully saturated rings. The first-order chi connectivity index (χ1) is 7.65. The van der Waals surface area contributed by atoms with E-state index in [-0.39, 0.29) is 18.6 Å². The molecule has 16 heavy (non-hydrogen) atoms. The second-order valence-corrected chi connectivity index (χ2v) is 4.80. The highest BCUT2D eigenvalue weighted by Crippen LogP contribution is 2.17. The van der Waals surface area contributed by atoms with Crippen LogP contribution in [-0.2, 0) is 4.79 Å². The van der Waals surface area contributed by atoms with Gasteiger partial charge in [0.2, 0.25) is 5.91 Å². The largest absolute Gasteiger partial charge is 0.395 e. The number of amides is 1. The van der Waals surface area contributed by atoms with Gasteiger partial charge in [-0.2, -0.15) is 0 Å². The Hall–Kier alpha value is -0.610. The third-order valence-corrected chi connectivity index (χ3v) is 3.21. The average molecular weight is 228 g/mol. The van der Waals surface area contributed by atoms with Gasteiger partial charge >= 0.3 is 0 Å². The van der Waals surface area contributed by atoms with Gasteiger partial charge < -0.3 is 15.3 Å². The van der Waals surface area contributed by atoms with Crippen molar-refractivity contribution in [1.82, 2.24) is 10.2 Å². The number of aliphatic hydroxyl groups excluding tert-OH is 1. The fourth-order valence-electron chi connectivity index (χ4n) is 2.23. The van der Waals surface area contributed by atoms with Gasteiger partial charge in [-0.1, -0.05) is 0 Å². The summed E-state index contributed by atoms with van der Waals surface area (Å²) in [7, 11) is 0. The topological polar surface area (TPSA) is 52.6 Å². The lowest BCUT2D eigenvalue weighted by Gasteiger charge is -2.29. The summed E-state index contributed by atoms with van der Waals surface area (Å²) < 4.78 is 0. The molecule has 1 aliphatic rings. The van der Waals surface area contributed by atoms with Crippen LogP contribution in [0.15, 0.2) is 0 Å². The molecule has 1 amide bonds. The molecule has 2 N–H and O–H groups in total. The van der Waals surface area contributed by atoms with Crippen LogP contribution >= 0.6 is 0 Å². The number of aliphatic hydroxyl groups is 1. The lowest BCUT2D eigenvalue weighted by molar-refractivity contribution is -0.134. The summed E-state index contributed by atoms with van der Waals surface area (Å²) in [6, 6.07) is 0.182. The van der Waals surface area contributed by atoms with Crippen LogP contribution in [0.1, 0.15) is 33.1 Å². The van der Waals surface area contributed by atoms with Gasteiger partial charge in [0.25, 0.3) is 0 Å². The standard InChI is InChI=1S/C12H24N2O2/c1-10(2)14(7-8-15)12(16)9-11-3-5-13-6-4-11/h10-11,13,15H,3-9H2,1-2H3. The van der Waals surface area contributed by atoms with Crippen molar-refractivity contribution in [3.8, 4) is 0 Å². The second-order valence-electron chi connectivity index (χ2n) is 4.80. The smallest absolute Gasteiger partial charge is 0.223 e. The zero-order valence-corrected chi connectivity index (χ0v) is 10.4. The van der Waals surface area contributed by atoms with Crippen LogP contribution in [0.4, 0.5) is 0 Å². The van der Waals surface area contributed by atoms with Crippen molar-refractivity contribution in [1.29, 1.82) is 0 Å². The van der Waals surface area contributed by atoms with Crippen molar-refractivity contribution in [2.24, 2.45) is 5.92 Å². The summed E-state index contributed by atoms with van der Waals surface area (Å²) in [5, 5.41) is 12.2. The minimum absolute atomic E-state index is 0.0517. The van der Waals surface area contributed by atoms with Gasteiger partial charge in [-0.05, 0) is 45.7 Å². The molecular weight excluding hydrogens is 204 g/mol. The lowest BCUT2D eigenvalue weighted by atomic mass is 9.94. The van der Waals surface area contributed by atoms with E-state index in [0.29, 0.717) is 18.9 Å². The molecule has 0 unspecified atom stereocenters. The Kier molecular flexibility index (Phi) is 5.77. The second kappa shape index (κ2) is 6.86. The van der Waals surface area contributed by atoms with E-state index in [0.717, 1.165) is 25.9 Å². The molecule has 94 valence electrons. The van der Waals surface area contributed by atoms with E-state index in [1.807, 2.05) is 13.8 Å². The third kappa shape index (κ3) is 4.10. The molecule has 1 saturated heterocycles. The summed E-state index contributed by atoms with van der Waals surface area (Å²) in [4.78, 5) is 13.8. The zero-order valence-electron chi connectivity index (χ0n) is 10.4. The number of piperidine rings is 1. The third-order valence-electron chi connectivity index (χ3n) is 3.21. The predicted octanol–water partition coefficient (Wildman–Crippen LogP) is 0.605. The van der Waals surface area contributed by atoms with Gasteiger partial charge in [-0.3, -0.25) is 4.79 Å². The molecule has 0 atom stereocenters. The van der Waals surface area contributed by atoms with Crippen molar-refractivity contribution < 1.29 is 9.90 Å². The van der Waals surface area contributed by atoms with E-state index >= 15 is 0 Å². The number of nitrogens with one attached hydrogen (secondary N) is 1. The van der Waals surface area contributed by atoms with Crippen molar-refractivity contribution in [3.63, 3.8) is 0 Å². The monoisotopic (exact) mass is 228 g/mol. The minimum atomic E-state index is 0.0517. The Morgan fingerprint density at radius 1 is 1.44 bits per heavy atom. The van der Waals surface area contributed by atoms with Crippen LogP contribution in [0, 0.1) is 5.92 Å². The molecule has 0 aromatic rings. The maximum absolute atomic E-state index is 12.0. The van der Waals surface area contributed by atoms with Gasteiger partial charge in [-0.15, -0.1) is 0 Å². The van der Waals surface area contributed by atoms with Gasteiger partial charge in [-0.25, -0.2) is 0 Å². The van der Waals surface area contributed by atoms with Gasteiger partial charge in [0.15, 0.2) is 0 Å². The highest BCUT2D eigenvalue weighted by molar-refractivity contribution is 5.76. The highest BCUT2D eigenvalue weighted by atomic mass is 16.3. The summed E-state index contributed by atoms with van der Waals surface area (Å²) >= 11 is 0. The summed E-state index contributed by atoms with van der Waals surface area (Å²) in [6.07, 6.45) is 2.83. The maximum atomic E-state index is 12.0. The van der Waals surface area contributed by atoms with Crippen LogP contribution < -0.4 is 5.32 Å². The van der Waals surface area contributed by atoms with Crippen molar-refractivity contribution >= 4 is 5.91 Å². The molecule has 0 bridgehead atoms. The molecule has 0 saturated carbocycles. The molecule has 0 spiro atoms. The number of carbonyl (C=O) groups is 1. The van der Waals surface area contributed by atoms with Gasteiger partial charge in [0, 0.05) is 19.0 Å². The van der Waals surface area contributed by atoms with Crippen molar-refractivity contribution in [2.45, 2.75) is 39.2 Å². The predicted molar refractivity (Wildman–Crippen MR) is 64.1 cm³/mol. The molecule has 0 aliphatic carbocycles. The fourth-order valence-corrected chi connectivity index (χ4v) is 2.23. The van der Waals surface area contributed by atoms with E-state index in [4.69, 9.17) is 5.11 Å². The number of carbonyl (C=O) groups excluding carboxylic acids is 1. The van der Waals surface area contributed by atoms with E-state index in [9.17, 15) is 4.79 Å². The Morgan fingerprint density at radius 2 is 2.06 bits per heavy atom. The van der Waals surface area contributed by atoms with E-state index in [2.05, 4.69) is 5.32 Å². The van der Waals surface area contributed by atoms with Gasteiger partial charge in [0.05, 0.1) is 6.61 Å². The Morgan fingerprint density at radius 3 is 2.56 bits per heavy atom. The van der Waals surface area contributed by atoms with Crippen molar-refractivity contribution in [3.05, 3.63) is 0 Å². The number of hydrogen-bond acceptors (Lipinski definition) is 3. The van der Waals surface area contributed by atoms with E-state index in [1.54, 1.807) is 4.90 Å². The summed E-state index contributed by atoms with van der Waals surface area (Å²) in [5.41, 5.74) is 0. The molecule has 1 aliphatic heterocycles. The number of nitrogens with zero attached hydrogens (tertiary/aromatic N) is 1. The van der Waals surface area contributed by atoms with Crippen LogP contribution in [0.3, 0.4) is 0 Å². The van der Waals surface area contributed by atoms with Crippen molar-refractivity contribution in [2.75, 3.05) is 26.2 Å². The highest BCUT2D eigenvalue weighted by Gasteiger charge is 2.22. The first kappa shape index (κ1) is 13.5. The van der Waals surface area contributed by atoms with E-state index < -0.39 is 0 Å². The average Bonchev–Trinajstić information content (AvgIpc) is 2.26. The Bertz CT molecular complexity index is 213. The molecule has 0 aromatic heterocycles. The molecule has 0 radical (unpaired) electrons. The number of hydrogen-bond donors (Lipinski definition) is 2. The molecule has 1 heterocycles. The number of rotatable bonds is 5. The van der Waals surface area contributed by atoms with Crippen LogP contribution in [0.5, 0.6) is 0 Å². The molecule has 0 aromatic carbocycles. The first-order valence-electron chi connectivity index (χ1n) is 6.26. The Balaban J connectivity index is 2.40. The summed E-state index contributed by atoms with van der Waals surface area (Å²) in [5.74, 6) is 0.713. The molecule has 4 nitrogen and oxygen atoms in total. The van der Waals surface area contributed by atoms with Gasteiger partial charge in [0.1, 0.15) is 0 Å². The zero-order chi connectivity index (χ0) is 12.0. The van der Waals surface area contributed by atoms with E-state index in [1.165, 1.54) is 0 Å². The molecule has 4 heteroatoms. The van der Waals surface area contributed by atoms with Crippen LogP contribution in [0.2, 0.25) is 0 Å². The lowest BCUT2D eigenvalue weighted by Crippen LogP contribution is -2.40. The maximum Gasteiger partial charge on any atom is 0.223 e. The first-order valence-corrected chi connectivity index (χ1v) is 6.26. The van der Waals surface area contributed by atoms with Crippen LogP contribution in [0.25, 0.3) is 0 Å². The normalized spacial score (nSPS) is 17.8. The quantitative estimate of drug-likeness (QED) is 0.725. The SMILES string of the molecule is CC(C)N(CCO)C(=O)CC1CCNCC1. The Labute approximate surface area is 98.0 Å². The molecule has 1 rings (SSSR count). The summed E-state index contributed by atoms with van der Waals surface area (Å²) in [6.45, 7) is 6.56. The van der Waals surface area contributed by atoms with Crippen LogP contribution in [-0.4, -0.2) is 48.2 Å².